The van der Waals surface area contributed by atoms with E-state index in [1.165, 1.54) is 30.6 Å². The number of aromatic nitrogens is 2. The third kappa shape index (κ3) is 4.03. The Labute approximate surface area is 147 Å². The highest BCUT2D eigenvalue weighted by atomic mass is 19.4. The van der Waals surface area contributed by atoms with Crippen LogP contribution in [0.5, 0.6) is 5.75 Å². The van der Waals surface area contributed by atoms with Crippen LogP contribution in [0.4, 0.5) is 19.0 Å². The number of benzene rings is 1. The molecule has 2 heterocycles. The Morgan fingerprint density at radius 1 is 1.19 bits per heavy atom. The maximum absolute atomic E-state index is 12.4. The van der Waals surface area contributed by atoms with Gasteiger partial charge in [0, 0.05) is 13.1 Å². The summed E-state index contributed by atoms with van der Waals surface area (Å²) < 4.78 is 41.1. The summed E-state index contributed by atoms with van der Waals surface area (Å²) in [6, 6.07) is 7.31. The van der Waals surface area contributed by atoms with Crippen LogP contribution in [0.2, 0.25) is 0 Å². The number of alkyl halides is 3. The number of nitrogens with zero attached hydrogens (tertiary/aromatic N) is 4. The maximum Gasteiger partial charge on any atom is 0.573 e. The summed E-state index contributed by atoms with van der Waals surface area (Å²) in [5.41, 5.74) is -0.657. The molecule has 0 saturated carbocycles. The minimum Gasteiger partial charge on any atom is -0.406 e. The molecule has 9 heteroatoms. The van der Waals surface area contributed by atoms with E-state index in [0.717, 1.165) is 0 Å². The van der Waals surface area contributed by atoms with E-state index in [0.29, 0.717) is 37.3 Å². The van der Waals surface area contributed by atoms with Crippen LogP contribution in [0.15, 0.2) is 36.7 Å². The van der Waals surface area contributed by atoms with Gasteiger partial charge in [0.2, 0.25) is 0 Å². The van der Waals surface area contributed by atoms with E-state index in [2.05, 4.69) is 14.7 Å². The molecule has 0 atom stereocenters. The second-order valence-electron chi connectivity index (χ2n) is 5.97. The van der Waals surface area contributed by atoms with Gasteiger partial charge in [-0.25, -0.2) is 9.97 Å². The number of rotatable bonds is 3. The highest BCUT2D eigenvalue weighted by Crippen LogP contribution is 2.36. The molecule has 3 rings (SSSR count). The molecule has 1 saturated heterocycles. The van der Waals surface area contributed by atoms with Crippen LogP contribution in [-0.2, 0) is 5.60 Å². The zero-order valence-corrected chi connectivity index (χ0v) is 13.6. The van der Waals surface area contributed by atoms with E-state index in [1.807, 2.05) is 11.0 Å². The van der Waals surface area contributed by atoms with Crippen LogP contribution >= 0.6 is 0 Å². The fourth-order valence-electron chi connectivity index (χ4n) is 2.92. The molecule has 6 nitrogen and oxygen atoms in total. The molecule has 0 amide bonds. The van der Waals surface area contributed by atoms with Gasteiger partial charge in [-0.05, 0) is 30.5 Å². The summed E-state index contributed by atoms with van der Waals surface area (Å²) in [5.74, 6) is 0.226. The number of hydrogen-bond acceptors (Lipinski definition) is 6. The molecule has 0 aliphatic carbocycles. The molecular weight excluding hydrogens is 349 g/mol. The van der Waals surface area contributed by atoms with Crippen molar-refractivity contribution < 1.29 is 23.0 Å². The number of nitriles is 1. The van der Waals surface area contributed by atoms with E-state index < -0.39 is 12.0 Å². The summed E-state index contributed by atoms with van der Waals surface area (Å²) in [4.78, 5) is 10.0. The largest absolute Gasteiger partial charge is 0.573 e. The van der Waals surface area contributed by atoms with Gasteiger partial charge in [0.25, 0.3) is 0 Å². The first-order chi connectivity index (χ1) is 12.3. The minimum atomic E-state index is -4.78. The summed E-state index contributed by atoms with van der Waals surface area (Å²) in [6.07, 6.45) is -1.30. The van der Waals surface area contributed by atoms with Gasteiger partial charge in [-0.3, -0.25) is 0 Å². The summed E-state index contributed by atoms with van der Waals surface area (Å²) in [5, 5.41) is 19.6. The topological polar surface area (TPSA) is 82.3 Å². The van der Waals surface area contributed by atoms with Gasteiger partial charge in [0.1, 0.15) is 17.6 Å². The molecule has 136 valence electrons. The van der Waals surface area contributed by atoms with Gasteiger partial charge in [-0.1, -0.05) is 12.1 Å². The molecule has 26 heavy (non-hydrogen) atoms. The number of ether oxygens (including phenoxy) is 1. The Bertz CT molecular complexity index is 810. The van der Waals surface area contributed by atoms with Gasteiger partial charge >= 0.3 is 6.36 Å². The lowest BCUT2D eigenvalue weighted by Gasteiger charge is -2.39. The monoisotopic (exact) mass is 364 g/mol. The van der Waals surface area contributed by atoms with Gasteiger partial charge in [0.05, 0.1) is 18.0 Å². The van der Waals surface area contributed by atoms with Crippen molar-refractivity contribution in [1.82, 2.24) is 9.97 Å². The van der Waals surface area contributed by atoms with Gasteiger partial charge < -0.3 is 14.7 Å². The second-order valence-corrected chi connectivity index (χ2v) is 5.97. The summed E-state index contributed by atoms with van der Waals surface area (Å²) in [6.45, 7) is 0.892. The van der Waals surface area contributed by atoms with Crippen LogP contribution in [0.3, 0.4) is 0 Å². The second kappa shape index (κ2) is 6.80. The van der Waals surface area contributed by atoms with Gasteiger partial charge in [0.15, 0.2) is 5.69 Å². The van der Waals surface area contributed by atoms with Crippen molar-refractivity contribution in [2.24, 2.45) is 0 Å². The van der Waals surface area contributed by atoms with E-state index in [-0.39, 0.29) is 11.4 Å². The molecule has 1 fully saturated rings. The SMILES string of the molecule is N#Cc1cnc(N2CCC(O)(c3cccc(OC(F)(F)F)c3)CC2)cn1. The lowest BCUT2D eigenvalue weighted by molar-refractivity contribution is -0.274. The summed E-state index contributed by atoms with van der Waals surface area (Å²) >= 11 is 0. The van der Waals surface area contributed by atoms with E-state index in [9.17, 15) is 18.3 Å². The zero-order chi connectivity index (χ0) is 18.8. The first-order valence-electron chi connectivity index (χ1n) is 7.85. The number of aliphatic hydroxyl groups is 1. The number of piperidine rings is 1. The fraction of sp³-hybridized carbons (Fsp3) is 0.353. The third-order valence-electron chi connectivity index (χ3n) is 4.27. The first-order valence-corrected chi connectivity index (χ1v) is 7.85. The molecule has 0 radical (unpaired) electrons. The van der Waals surface area contributed by atoms with E-state index in [1.54, 1.807) is 6.07 Å². The van der Waals surface area contributed by atoms with Crippen molar-refractivity contribution in [1.29, 1.82) is 5.26 Å². The minimum absolute atomic E-state index is 0.212. The Balaban J connectivity index is 1.71. The predicted molar refractivity (Wildman–Crippen MR) is 85.2 cm³/mol. The zero-order valence-electron chi connectivity index (χ0n) is 13.6. The van der Waals surface area contributed by atoms with Crippen molar-refractivity contribution in [2.45, 2.75) is 24.8 Å². The van der Waals surface area contributed by atoms with Crippen LogP contribution in [0.1, 0.15) is 24.1 Å². The lowest BCUT2D eigenvalue weighted by Crippen LogP contribution is -2.43. The molecule has 1 aliphatic heterocycles. The average molecular weight is 364 g/mol. The third-order valence-corrected chi connectivity index (χ3v) is 4.27. The Hall–Kier alpha value is -2.86. The van der Waals surface area contributed by atoms with Crippen LogP contribution in [-0.4, -0.2) is 34.5 Å². The number of halogens is 3. The molecule has 1 aromatic heterocycles. The van der Waals surface area contributed by atoms with Gasteiger partial charge in [-0.2, -0.15) is 5.26 Å². The van der Waals surface area contributed by atoms with Crippen molar-refractivity contribution >= 4 is 5.82 Å². The molecule has 0 bridgehead atoms. The molecule has 2 aromatic rings. The Morgan fingerprint density at radius 2 is 1.92 bits per heavy atom. The van der Waals surface area contributed by atoms with Crippen molar-refractivity contribution in [3.05, 3.63) is 47.9 Å². The molecule has 0 spiro atoms. The van der Waals surface area contributed by atoms with Crippen molar-refractivity contribution in [2.75, 3.05) is 18.0 Å². The molecule has 1 N–H and O–H groups in total. The maximum atomic E-state index is 12.4. The Morgan fingerprint density at radius 3 is 2.50 bits per heavy atom. The predicted octanol–water partition coefficient (Wildman–Crippen LogP) is 2.73. The lowest BCUT2D eigenvalue weighted by atomic mass is 9.84. The quantitative estimate of drug-likeness (QED) is 0.902. The van der Waals surface area contributed by atoms with Crippen LogP contribution in [0.25, 0.3) is 0 Å². The highest BCUT2D eigenvalue weighted by molar-refractivity contribution is 5.40. The standard InChI is InChI=1S/C17H15F3N4O2/c18-17(19,20)26-14-3-1-2-12(8-14)16(25)4-6-24(7-5-16)15-11-22-13(9-21)10-23-15/h1-3,8,10-11,25H,4-7H2. The first kappa shape index (κ1) is 17.9. The number of anilines is 1. The number of hydrogen-bond donors (Lipinski definition) is 1. The van der Waals surface area contributed by atoms with Crippen molar-refractivity contribution in [3.8, 4) is 11.8 Å². The normalized spacial score (nSPS) is 16.8. The smallest absolute Gasteiger partial charge is 0.406 e. The van der Waals surface area contributed by atoms with E-state index >= 15 is 0 Å². The van der Waals surface area contributed by atoms with Gasteiger partial charge in [-0.15, -0.1) is 13.2 Å². The molecular formula is C17H15F3N4O2. The highest BCUT2D eigenvalue weighted by Gasteiger charge is 2.36. The fourth-order valence-corrected chi connectivity index (χ4v) is 2.92. The summed E-state index contributed by atoms with van der Waals surface area (Å²) in [7, 11) is 0. The van der Waals surface area contributed by atoms with Crippen LogP contribution in [0, 0.1) is 11.3 Å². The average Bonchev–Trinajstić information content (AvgIpc) is 2.61. The molecule has 1 aromatic carbocycles. The van der Waals surface area contributed by atoms with Crippen LogP contribution < -0.4 is 9.64 Å². The van der Waals surface area contributed by atoms with Crippen molar-refractivity contribution in [3.63, 3.8) is 0 Å². The van der Waals surface area contributed by atoms with E-state index in [4.69, 9.17) is 5.26 Å². The molecule has 0 unspecified atom stereocenters. The molecule has 1 aliphatic rings. The Kier molecular flexibility index (Phi) is 4.70.